The van der Waals surface area contributed by atoms with Crippen molar-refractivity contribution < 1.29 is 24.0 Å². The Morgan fingerprint density at radius 3 is 2.55 bits per heavy atom. The largest absolute Gasteiger partial charge is 0.457 e. The highest BCUT2D eigenvalue weighted by Crippen LogP contribution is 2.28. The van der Waals surface area contributed by atoms with Gasteiger partial charge in [0.15, 0.2) is 0 Å². The van der Waals surface area contributed by atoms with E-state index in [1.807, 2.05) is 0 Å². The van der Waals surface area contributed by atoms with Gasteiger partial charge in [-0.3, -0.25) is 10.1 Å². The molecular formula is C15H18NO6. The van der Waals surface area contributed by atoms with Crippen molar-refractivity contribution >= 4 is 18.1 Å². The molecule has 0 N–H and O–H groups in total. The fourth-order valence-electron chi connectivity index (χ4n) is 1.83. The van der Waals surface area contributed by atoms with Gasteiger partial charge in [-0.05, 0) is 26.8 Å². The van der Waals surface area contributed by atoms with Gasteiger partial charge in [0.2, 0.25) is 0 Å². The molecule has 0 aliphatic carbocycles. The van der Waals surface area contributed by atoms with Crippen LogP contribution in [-0.2, 0) is 14.3 Å². The van der Waals surface area contributed by atoms with E-state index in [2.05, 4.69) is 4.74 Å². The van der Waals surface area contributed by atoms with E-state index in [1.54, 1.807) is 27.7 Å². The minimum atomic E-state index is -0.689. The van der Waals surface area contributed by atoms with Gasteiger partial charge in [-0.1, -0.05) is 13.0 Å². The minimum Gasteiger partial charge on any atom is -0.457 e. The van der Waals surface area contributed by atoms with Crippen LogP contribution in [-0.4, -0.2) is 29.6 Å². The summed E-state index contributed by atoms with van der Waals surface area (Å²) in [5.74, 6) is -1.03. The molecule has 1 aromatic rings. The Morgan fingerprint density at radius 2 is 2.05 bits per heavy atom. The number of nitro benzene ring substituents is 1. The Labute approximate surface area is 128 Å². The summed E-state index contributed by atoms with van der Waals surface area (Å²) in [6, 6.07) is 4.10. The van der Waals surface area contributed by atoms with E-state index in [4.69, 9.17) is 4.74 Å². The highest BCUT2D eigenvalue weighted by atomic mass is 16.6. The van der Waals surface area contributed by atoms with Gasteiger partial charge < -0.3 is 9.47 Å². The molecule has 0 aliphatic rings. The second kappa shape index (κ2) is 7.02. The van der Waals surface area contributed by atoms with Crippen LogP contribution in [0.2, 0.25) is 0 Å². The fraction of sp³-hybridized carbons (Fsp3) is 0.467. The molecule has 0 fully saturated rings. The molecule has 1 unspecified atom stereocenters. The van der Waals surface area contributed by atoms with Gasteiger partial charge in [0.25, 0.3) is 5.69 Å². The molecule has 0 bridgehead atoms. The molecule has 0 amide bonds. The molecule has 0 aliphatic heterocycles. The zero-order chi connectivity index (χ0) is 16.9. The van der Waals surface area contributed by atoms with Crippen LogP contribution in [0.25, 0.3) is 0 Å². The van der Waals surface area contributed by atoms with E-state index < -0.39 is 22.4 Å². The number of hydrogen-bond donors (Lipinski definition) is 0. The average molecular weight is 308 g/mol. The van der Waals surface area contributed by atoms with Crippen LogP contribution >= 0.6 is 0 Å². The first-order valence-corrected chi connectivity index (χ1v) is 6.66. The van der Waals surface area contributed by atoms with Crippen molar-refractivity contribution in [3.05, 3.63) is 39.4 Å². The number of nitrogens with zero attached hydrogens (tertiary/aromatic N) is 1. The van der Waals surface area contributed by atoms with E-state index in [0.29, 0.717) is 5.56 Å². The third-order valence-electron chi connectivity index (χ3n) is 2.78. The summed E-state index contributed by atoms with van der Waals surface area (Å²) in [7, 11) is 0. The summed E-state index contributed by atoms with van der Waals surface area (Å²) in [6.07, 6.45) is 0. The predicted octanol–water partition coefficient (Wildman–Crippen LogP) is 2.74. The monoisotopic (exact) mass is 308 g/mol. The van der Waals surface area contributed by atoms with E-state index in [1.165, 1.54) is 24.7 Å². The summed E-state index contributed by atoms with van der Waals surface area (Å²) >= 11 is 0. The predicted molar refractivity (Wildman–Crippen MR) is 78.3 cm³/mol. The number of rotatable bonds is 6. The molecule has 1 rings (SSSR count). The molecule has 0 heterocycles. The lowest BCUT2D eigenvalue weighted by Gasteiger charge is -2.19. The van der Waals surface area contributed by atoms with Gasteiger partial charge >= 0.3 is 12.4 Å². The maximum Gasteiger partial charge on any atom is 0.417 e. The van der Waals surface area contributed by atoms with Crippen molar-refractivity contribution in [1.82, 2.24) is 0 Å². The number of carbonyl (C=O) groups excluding carboxylic acids is 2. The third kappa shape index (κ3) is 4.83. The first kappa shape index (κ1) is 17.6. The van der Waals surface area contributed by atoms with Gasteiger partial charge in [-0.15, -0.1) is 0 Å². The van der Waals surface area contributed by atoms with Crippen molar-refractivity contribution in [2.45, 2.75) is 39.2 Å². The lowest BCUT2D eigenvalue weighted by Crippen LogP contribution is -2.24. The second-order valence-electron chi connectivity index (χ2n) is 5.83. The summed E-state index contributed by atoms with van der Waals surface area (Å²) in [5, 5.41) is 11.2. The molecule has 0 spiro atoms. The van der Waals surface area contributed by atoms with E-state index in [-0.39, 0.29) is 17.9 Å². The summed E-state index contributed by atoms with van der Waals surface area (Å²) in [6.45, 7) is 8.05. The molecule has 0 saturated carbocycles. The standard InChI is InChI=1S/C15H18NO6/c1-10(8-21-9-17)12-6-5-11(7-13(12)16(19)20)14(18)22-15(2,3)4/h5-7,10H,8H2,1-4H3. The van der Waals surface area contributed by atoms with Crippen molar-refractivity contribution in [1.29, 1.82) is 0 Å². The summed E-state index contributed by atoms with van der Waals surface area (Å²) in [4.78, 5) is 32.7. The third-order valence-corrected chi connectivity index (χ3v) is 2.78. The van der Waals surface area contributed by atoms with E-state index in [9.17, 15) is 19.7 Å². The zero-order valence-corrected chi connectivity index (χ0v) is 12.9. The highest BCUT2D eigenvalue weighted by Gasteiger charge is 2.24. The topological polar surface area (TPSA) is 95.7 Å². The van der Waals surface area contributed by atoms with Crippen LogP contribution < -0.4 is 0 Å². The Hall–Kier alpha value is -2.44. The Kier molecular flexibility index (Phi) is 5.62. The van der Waals surface area contributed by atoms with E-state index >= 15 is 0 Å². The van der Waals surface area contributed by atoms with E-state index in [0.717, 1.165) is 0 Å². The average Bonchev–Trinajstić information content (AvgIpc) is 2.42. The first-order chi connectivity index (χ1) is 10.2. The van der Waals surface area contributed by atoms with Gasteiger partial charge in [0, 0.05) is 17.5 Å². The molecule has 1 aromatic carbocycles. The normalized spacial score (nSPS) is 12.4. The van der Waals surface area contributed by atoms with Crippen LogP contribution in [0.15, 0.2) is 18.2 Å². The molecule has 1 atom stereocenters. The first-order valence-electron chi connectivity index (χ1n) is 6.66. The molecular weight excluding hydrogens is 290 g/mol. The number of ether oxygens (including phenoxy) is 2. The zero-order valence-electron chi connectivity index (χ0n) is 12.9. The van der Waals surface area contributed by atoms with Gasteiger partial charge in [0.1, 0.15) is 5.60 Å². The van der Waals surface area contributed by atoms with Crippen LogP contribution in [0.5, 0.6) is 0 Å². The number of carbonyl (C=O) groups is 1. The molecule has 1 radical (unpaired) electrons. The summed E-state index contributed by atoms with van der Waals surface area (Å²) in [5.41, 5.74) is -0.441. The maximum absolute atomic E-state index is 12.0. The molecule has 0 saturated heterocycles. The van der Waals surface area contributed by atoms with Crippen molar-refractivity contribution in [3.8, 4) is 0 Å². The highest BCUT2D eigenvalue weighted by molar-refractivity contribution is 5.90. The maximum atomic E-state index is 12.0. The smallest absolute Gasteiger partial charge is 0.417 e. The fourth-order valence-corrected chi connectivity index (χ4v) is 1.83. The second-order valence-corrected chi connectivity index (χ2v) is 5.83. The number of nitro groups is 1. The van der Waals surface area contributed by atoms with Gasteiger partial charge in [-0.25, -0.2) is 9.59 Å². The Bertz CT molecular complexity index is 576. The summed E-state index contributed by atoms with van der Waals surface area (Å²) < 4.78 is 9.69. The molecule has 0 aromatic heterocycles. The minimum absolute atomic E-state index is 0.0316. The van der Waals surface area contributed by atoms with Crippen LogP contribution in [0.3, 0.4) is 0 Å². The SMILES string of the molecule is CC(CO[C]=O)c1ccc(C(=O)OC(C)(C)C)cc1[N+](=O)[O-]. The quantitative estimate of drug-likeness (QED) is 0.455. The lowest BCUT2D eigenvalue weighted by atomic mass is 9.98. The lowest BCUT2D eigenvalue weighted by molar-refractivity contribution is -0.385. The molecule has 119 valence electrons. The molecule has 7 nitrogen and oxygen atoms in total. The van der Waals surface area contributed by atoms with Crippen molar-refractivity contribution in [2.24, 2.45) is 0 Å². The van der Waals surface area contributed by atoms with Crippen LogP contribution in [0.1, 0.15) is 49.5 Å². The van der Waals surface area contributed by atoms with Crippen LogP contribution in [0.4, 0.5) is 5.69 Å². The Balaban J connectivity index is 3.12. The number of benzene rings is 1. The Morgan fingerprint density at radius 1 is 1.41 bits per heavy atom. The van der Waals surface area contributed by atoms with Crippen LogP contribution in [0, 0.1) is 10.1 Å². The molecule has 22 heavy (non-hydrogen) atoms. The van der Waals surface area contributed by atoms with Gasteiger partial charge in [0.05, 0.1) is 17.1 Å². The molecule has 7 heteroatoms. The number of esters is 1. The van der Waals surface area contributed by atoms with Crippen molar-refractivity contribution in [3.63, 3.8) is 0 Å². The van der Waals surface area contributed by atoms with Gasteiger partial charge in [-0.2, -0.15) is 0 Å². The van der Waals surface area contributed by atoms with Crippen molar-refractivity contribution in [2.75, 3.05) is 6.61 Å². The number of hydrogen-bond acceptors (Lipinski definition) is 6.